The highest BCUT2D eigenvalue weighted by Gasteiger charge is 2.37. The number of nitrogens with zero attached hydrogens (tertiary/aromatic N) is 1. The number of aliphatic carboxylic acids is 1. The molecule has 0 radical (unpaired) electrons. The molecular weight excluding hydrogens is 256 g/mol. The first-order valence-corrected chi connectivity index (χ1v) is 7.64. The fraction of sp³-hybridized carbons (Fsp3) is 0.867. The molecule has 0 bridgehead atoms. The molecule has 0 aromatic rings. The van der Waals surface area contributed by atoms with E-state index in [4.69, 9.17) is 5.11 Å². The van der Waals surface area contributed by atoms with E-state index in [2.05, 4.69) is 31.1 Å². The molecule has 5 heteroatoms. The number of carboxylic acids is 1. The van der Waals surface area contributed by atoms with Gasteiger partial charge in [0.2, 0.25) is 5.91 Å². The number of carbonyl (C=O) groups excluding carboxylic acids is 1. The number of hydrogen-bond acceptors (Lipinski definition) is 3. The van der Waals surface area contributed by atoms with Crippen LogP contribution in [0.25, 0.3) is 0 Å². The maximum absolute atomic E-state index is 12.0. The average molecular weight is 284 g/mol. The highest BCUT2D eigenvalue weighted by molar-refractivity contribution is 5.85. The first-order chi connectivity index (χ1) is 9.43. The molecule has 0 saturated heterocycles. The van der Waals surface area contributed by atoms with Gasteiger partial charge in [-0.15, -0.1) is 0 Å². The number of hydrogen-bond donors (Lipinski definition) is 2. The number of carbonyl (C=O) groups is 2. The third-order valence-corrected chi connectivity index (χ3v) is 4.29. The van der Waals surface area contributed by atoms with Crippen LogP contribution in [0.5, 0.6) is 0 Å². The summed E-state index contributed by atoms with van der Waals surface area (Å²) in [4.78, 5) is 25.3. The Morgan fingerprint density at radius 2 is 1.90 bits per heavy atom. The first-order valence-electron chi connectivity index (χ1n) is 7.64. The molecule has 1 saturated carbocycles. The zero-order chi connectivity index (χ0) is 15.1. The summed E-state index contributed by atoms with van der Waals surface area (Å²) in [5, 5.41) is 12.0. The fourth-order valence-electron chi connectivity index (χ4n) is 2.66. The van der Waals surface area contributed by atoms with Crippen molar-refractivity contribution in [3.8, 4) is 0 Å². The van der Waals surface area contributed by atoms with Crippen molar-refractivity contribution >= 4 is 11.9 Å². The van der Waals surface area contributed by atoms with Crippen molar-refractivity contribution in [2.24, 2.45) is 11.8 Å². The van der Waals surface area contributed by atoms with Gasteiger partial charge in [0.25, 0.3) is 0 Å². The lowest BCUT2D eigenvalue weighted by atomic mass is 9.95. The van der Waals surface area contributed by atoms with Crippen LogP contribution in [0.2, 0.25) is 0 Å². The fourth-order valence-corrected chi connectivity index (χ4v) is 2.66. The lowest BCUT2D eigenvalue weighted by molar-refractivity contribution is -0.146. The van der Waals surface area contributed by atoms with Crippen molar-refractivity contribution in [3.63, 3.8) is 0 Å². The molecule has 0 aromatic carbocycles. The molecule has 0 heterocycles. The summed E-state index contributed by atoms with van der Waals surface area (Å²) in [7, 11) is 2.10. The maximum atomic E-state index is 12.0. The predicted molar refractivity (Wildman–Crippen MR) is 78.5 cm³/mol. The van der Waals surface area contributed by atoms with Gasteiger partial charge in [-0.1, -0.05) is 6.42 Å². The van der Waals surface area contributed by atoms with E-state index in [-0.39, 0.29) is 11.8 Å². The Morgan fingerprint density at radius 3 is 2.50 bits per heavy atom. The van der Waals surface area contributed by atoms with Crippen LogP contribution in [-0.2, 0) is 9.59 Å². The molecule has 5 nitrogen and oxygen atoms in total. The van der Waals surface area contributed by atoms with Gasteiger partial charge in [0.05, 0.1) is 11.8 Å². The molecule has 2 N–H and O–H groups in total. The number of carboxylic acid groups (broad SMARTS) is 1. The number of amides is 1. The molecule has 1 aliphatic carbocycles. The molecule has 116 valence electrons. The Balaban J connectivity index is 2.19. The highest BCUT2D eigenvalue weighted by Crippen LogP contribution is 2.31. The Hall–Kier alpha value is -1.10. The lowest BCUT2D eigenvalue weighted by Gasteiger charge is -2.21. The number of unbranched alkanes of at least 4 members (excludes halogenated alkanes) is 1. The second-order valence-electron chi connectivity index (χ2n) is 6.05. The molecule has 2 unspecified atom stereocenters. The molecule has 20 heavy (non-hydrogen) atoms. The predicted octanol–water partition coefficient (Wildman–Crippen LogP) is 1.72. The zero-order valence-electron chi connectivity index (χ0n) is 12.9. The van der Waals surface area contributed by atoms with Crippen LogP contribution >= 0.6 is 0 Å². The molecule has 0 aromatic heterocycles. The smallest absolute Gasteiger partial charge is 0.307 e. The Morgan fingerprint density at radius 1 is 1.25 bits per heavy atom. The summed E-state index contributed by atoms with van der Waals surface area (Å²) in [5.74, 6) is -1.72. The third kappa shape index (κ3) is 5.12. The van der Waals surface area contributed by atoms with Crippen molar-refractivity contribution < 1.29 is 14.7 Å². The largest absolute Gasteiger partial charge is 0.481 e. The molecule has 0 aliphatic heterocycles. The summed E-state index contributed by atoms with van der Waals surface area (Å²) >= 11 is 0. The Kier molecular flexibility index (Phi) is 6.99. The summed E-state index contributed by atoms with van der Waals surface area (Å²) in [5.41, 5.74) is 0. The van der Waals surface area contributed by atoms with Crippen LogP contribution in [0.4, 0.5) is 0 Å². The van der Waals surface area contributed by atoms with Crippen LogP contribution in [0.1, 0.15) is 46.0 Å². The van der Waals surface area contributed by atoms with Crippen molar-refractivity contribution in [1.29, 1.82) is 0 Å². The first kappa shape index (κ1) is 17.0. The molecule has 1 fully saturated rings. The monoisotopic (exact) mass is 284 g/mol. The highest BCUT2D eigenvalue weighted by atomic mass is 16.4. The van der Waals surface area contributed by atoms with Crippen molar-refractivity contribution in [1.82, 2.24) is 10.2 Å². The van der Waals surface area contributed by atoms with E-state index < -0.39 is 11.9 Å². The lowest BCUT2D eigenvalue weighted by Crippen LogP contribution is -2.36. The van der Waals surface area contributed by atoms with Crippen molar-refractivity contribution in [3.05, 3.63) is 0 Å². The standard InChI is InChI=1S/C15H28N2O3/c1-11(2)17(3)10-5-4-9-16-14(18)12-7-6-8-13(12)15(19)20/h11-13H,4-10H2,1-3H3,(H,16,18)(H,19,20). The summed E-state index contributed by atoms with van der Waals surface area (Å²) in [6.07, 6.45) is 4.16. The number of nitrogens with one attached hydrogen (secondary N) is 1. The summed E-state index contributed by atoms with van der Waals surface area (Å²) in [6, 6.07) is 0.541. The normalized spacial score (nSPS) is 22.4. The summed E-state index contributed by atoms with van der Waals surface area (Å²) < 4.78 is 0. The van der Waals surface area contributed by atoms with E-state index >= 15 is 0 Å². The topological polar surface area (TPSA) is 69.6 Å². The third-order valence-electron chi connectivity index (χ3n) is 4.29. The quantitative estimate of drug-likeness (QED) is 0.666. The van der Waals surface area contributed by atoms with Gasteiger partial charge in [-0.05, 0) is 53.1 Å². The van der Waals surface area contributed by atoms with Crippen LogP contribution < -0.4 is 5.32 Å². The Labute approximate surface area is 121 Å². The van der Waals surface area contributed by atoms with Crippen molar-refractivity contribution in [2.45, 2.75) is 52.0 Å². The zero-order valence-corrected chi connectivity index (χ0v) is 12.9. The Bertz CT molecular complexity index is 331. The van der Waals surface area contributed by atoms with Crippen LogP contribution in [0.3, 0.4) is 0 Å². The minimum atomic E-state index is -0.832. The van der Waals surface area contributed by atoms with Crippen molar-refractivity contribution in [2.75, 3.05) is 20.1 Å². The van der Waals surface area contributed by atoms with E-state index in [0.717, 1.165) is 25.8 Å². The van der Waals surface area contributed by atoms with Gasteiger partial charge < -0.3 is 15.3 Å². The van der Waals surface area contributed by atoms with Crippen LogP contribution in [-0.4, -0.2) is 48.1 Å². The van der Waals surface area contributed by atoms with Gasteiger partial charge in [-0.2, -0.15) is 0 Å². The van der Waals surface area contributed by atoms with Gasteiger partial charge in [0, 0.05) is 12.6 Å². The average Bonchev–Trinajstić information content (AvgIpc) is 2.87. The maximum Gasteiger partial charge on any atom is 0.307 e. The molecular formula is C15H28N2O3. The number of rotatable bonds is 8. The van der Waals surface area contributed by atoms with Crippen LogP contribution in [0.15, 0.2) is 0 Å². The molecule has 1 amide bonds. The second-order valence-corrected chi connectivity index (χ2v) is 6.05. The van der Waals surface area contributed by atoms with E-state index in [1.807, 2.05) is 0 Å². The van der Waals surface area contributed by atoms with Gasteiger partial charge in [0.1, 0.15) is 0 Å². The minimum absolute atomic E-state index is 0.0767. The van der Waals surface area contributed by atoms with Gasteiger partial charge >= 0.3 is 5.97 Å². The van der Waals surface area contributed by atoms with Gasteiger partial charge in [-0.25, -0.2) is 0 Å². The molecule has 2 atom stereocenters. The van der Waals surface area contributed by atoms with E-state index in [9.17, 15) is 9.59 Å². The van der Waals surface area contributed by atoms with E-state index in [0.29, 0.717) is 25.4 Å². The second kappa shape index (κ2) is 8.25. The van der Waals surface area contributed by atoms with Gasteiger partial charge in [0.15, 0.2) is 0 Å². The summed E-state index contributed by atoms with van der Waals surface area (Å²) in [6.45, 7) is 5.99. The molecule has 0 spiro atoms. The molecule has 1 rings (SSSR count). The van der Waals surface area contributed by atoms with E-state index in [1.54, 1.807) is 0 Å². The SMILES string of the molecule is CC(C)N(C)CCCCNC(=O)C1CCCC1C(=O)O. The molecule has 1 aliphatic rings. The van der Waals surface area contributed by atoms with Gasteiger partial charge in [-0.3, -0.25) is 9.59 Å². The minimum Gasteiger partial charge on any atom is -0.481 e. The van der Waals surface area contributed by atoms with Crippen LogP contribution in [0, 0.1) is 11.8 Å². The van der Waals surface area contributed by atoms with E-state index in [1.165, 1.54) is 0 Å².